The standard InChI is InChI=1S/C19H18N4O3/c24-19(15-6-5-7-16(14-15)22-12-3-4-13-22)21-11-10-20-17-8-1-2-9-18(17)23(25)26/h1-9,12-14,20H,10-11H2,(H,21,24). The quantitative estimate of drug-likeness (QED) is 0.389. The molecule has 0 aliphatic heterocycles. The summed E-state index contributed by atoms with van der Waals surface area (Å²) in [6.45, 7) is 0.729. The summed E-state index contributed by atoms with van der Waals surface area (Å²) in [6, 6.07) is 17.6. The Labute approximate surface area is 150 Å². The second-order valence-corrected chi connectivity index (χ2v) is 5.60. The molecule has 0 unspecified atom stereocenters. The number of hydrogen-bond acceptors (Lipinski definition) is 4. The van der Waals surface area contributed by atoms with Crippen molar-refractivity contribution in [1.82, 2.24) is 9.88 Å². The number of rotatable bonds is 7. The maximum atomic E-state index is 12.3. The molecule has 132 valence electrons. The lowest BCUT2D eigenvalue weighted by Gasteiger charge is -2.09. The first-order valence-electron chi connectivity index (χ1n) is 8.14. The summed E-state index contributed by atoms with van der Waals surface area (Å²) < 4.78 is 1.92. The van der Waals surface area contributed by atoms with Crippen molar-refractivity contribution >= 4 is 17.3 Å². The summed E-state index contributed by atoms with van der Waals surface area (Å²) in [7, 11) is 0. The number of carbonyl (C=O) groups excluding carboxylic acids is 1. The summed E-state index contributed by atoms with van der Waals surface area (Å²) >= 11 is 0. The van der Waals surface area contributed by atoms with Crippen molar-refractivity contribution in [3.05, 3.63) is 88.7 Å². The summed E-state index contributed by atoms with van der Waals surface area (Å²) in [6.07, 6.45) is 3.82. The third kappa shape index (κ3) is 4.07. The van der Waals surface area contributed by atoms with Crippen LogP contribution in [0.25, 0.3) is 5.69 Å². The van der Waals surface area contributed by atoms with Gasteiger partial charge in [0, 0.05) is 42.8 Å². The van der Waals surface area contributed by atoms with Crippen LogP contribution in [-0.4, -0.2) is 28.5 Å². The monoisotopic (exact) mass is 350 g/mol. The van der Waals surface area contributed by atoms with E-state index in [1.807, 2.05) is 47.3 Å². The van der Waals surface area contributed by atoms with E-state index in [0.29, 0.717) is 24.3 Å². The van der Waals surface area contributed by atoms with Gasteiger partial charge in [0.15, 0.2) is 0 Å². The Bertz CT molecular complexity index is 907. The van der Waals surface area contributed by atoms with E-state index < -0.39 is 4.92 Å². The summed E-state index contributed by atoms with van der Waals surface area (Å²) in [5.41, 5.74) is 1.90. The zero-order chi connectivity index (χ0) is 18.4. The third-order valence-corrected chi connectivity index (χ3v) is 3.84. The van der Waals surface area contributed by atoms with Crippen LogP contribution in [0.4, 0.5) is 11.4 Å². The molecule has 3 aromatic rings. The Balaban J connectivity index is 1.55. The lowest BCUT2D eigenvalue weighted by Crippen LogP contribution is -2.28. The van der Waals surface area contributed by atoms with Gasteiger partial charge in [0.05, 0.1) is 4.92 Å². The molecule has 3 rings (SSSR count). The first-order valence-corrected chi connectivity index (χ1v) is 8.14. The summed E-state index contributed by atoms with van der Waals surface area (Å²) in [4.78, 5) is 22.8. The normalized spacial score (nSPS) is 10.3. The zero-order valence-electron chi connectivity index (χ0n) is 14.0. The van der Waals surface area contributed by atoms with Gasteiger partial charge in [0.1, 0.15) is 5.69 Å². The minimum atomic E-state index is -0.437. The molecule has 0 aliphatic rings. The molecule has 0 saturated heterocycles. The van der Waals surface area contributed by atoms with Crippen LogP contribution in [0.1, 0.15) is 10.4 Å². The lowest BCUT2D eigenvalue weighted by molar-refractivity contribution is -0.384. The van der Waals surface area contributed by atoms with Crippen LogP contribution in [-0.2, 0) is 0 Å². The van der Waals surface area contributed by atoms with E-state index in [4.69, 9.17) is 0 Å². The van der Waals surface area contributed by atoms with Gasteiger partial charge in [-0.15, -0.1) is 0 Å². The number of carbonyl (C=O) groups is 1. The maximum Gasteiger partial charge on any atom is 0.292 e. The molecule has 7 nitrogen and oxygen atoms in total. The number of nitro benzene ring substituents is 1. The molecule has 1 amide bonds. The number of hydrogen-bond donors (Lipinski definition) is 2. The molecule has 0 atom stereocenters. The number of para-hydroxylation sites is 2. The molecule has 2 N–H and O–H groups in total. The molecule has 0 radical (unpaired) electrons. The second kappa shape index (κ2) is 7.98. The molecule has 1 heterocycles. The van der Waals surface area contributed by atoms with Gasteiger partial charge in [-0.2, -0.15) is 0 Å². The smallest absolute Gasteiger partial charge is 0.292 e. The van der Waals surface area contributed by atoms with Gasteiger partial charge >= 0.3 is 0 Å². The number of nitro groups is 1. The van der Waals surface area contributed by atoms with Crippen LogP contribution in [0.3, 0.4) is 0 Å². The van der Waals surface area contributed by atoms with Gasteiger partial charge in [-0.1, -0.05) is 18.2 Å². The predicted molar refractivity (Wildman–Crippen MR) is 99.7 cm³/mol. The van der Waals surface area contributed by atoms with Crippen LogP contribution < -0.4 is 10.6 Å². The number of amides is 1. The van der Waals surface area contributed by atoms with Gasteiger partial charge in [-0.05, 0) is 36.4 Å². The van der Waals surface area contributed by atoms with E-state index in [9.17, 15) is 14.9 Å². The van der Waals surface area contributed by atoms with Gasteiger partial charge in [-0.25, -0.2) is 0 Å². The predicted octanol–water partition coefficient (Wildman–Crippen LogP) is 3.23. The maximum absolute atomic E-state index is 12.3. The van der Waals surface area contributed by atoms with Gasteiger partial charge in [0.2, 0.25) is 0 Å². The Morgan fingerprint density at radius 3 is 2.54 bits per heavy atom. The van der Waals surface area contributed by atoms with E-state index in [1.54, 1.807) is 24.3 Å². The molecule has 0 spiro atoms. The van der Waals surface area contributed by atoms with E-state index >= 15 is 0 Å². The average Bonchev–Trinajstić information content (AvgIpc) is 3.20. The average molecular weight is 350 g/mol. The molecule has 26 heavy (non-hydrogen) atoms. The van der Waals surface area contributed by atoms with Crippen molar-refractivity contribution in [3.8, 4) is 5.69 Å². The zero-order valence-corrected chi connectivity index (χ0v) is 14.0. The second-order valence-electron chi connectivity index (χ2n) is 5.60. The topological polar surface area (TPSA) is 89.2 Å². The highest BCUT2D eigenvalue weighted by Gasteiger charge is 2.11. The SMILES string of the molecule is O=C(NCCNc1ccccc1[N+](=O)[O-])c1cccc(-n2cccc2)c1. The minimum absolute atomic E-state index is 0.0123. The van der Waals surface area contributed by atoms with Crippen LogP contribution in [0.5, 0.6) is 0 Å². The Morgan fingerprint density at radius 1 is 1.00 bits per heavy atom. The van der Waals surface area contributed by atoms with Gasteiger partial charge in [0.25, 0.3) is 11.6 Å². The molecule has 0 saturated carbocycles. The van der Waals surface area contributed by atoms with Gasteiger partial charge in [-0.3, -0.25) is 14.9 Å². The molecule has 1 aromatic heterocycles. The Kier molecular flexibility index (Phi) is 5.28. The molecule has 7 heteroatoms. The van der Waals surface area contributed by atoms with Crippen molar-refractivity contribution in [3.63, 3.8) is 0 Å². The van der Waals surface area contributed by atoms with Crippen LogP contribution >= 0.6 is 0 Å². The highest BCUT2D eigenvalue weighted by atomic mass is 16.6. The van der Waals surface area contributed by atoms with Crippen molar-refractivity contribution in [1.29, 1.82) is 0 Å². The van der Waals surface area contributed by atoms with E-state index in [2.05, 4.69) is 10.6 Å². The van der Waals surface area contributed by atoms with E-state index in [-0.39, 0.29) is 11.6 Å². The van der Waals surface area contributed by atoms with E-state index in [0.717, 1.165) is 5.69 Å². The summed E-state index contributed by atoms with van der Waals surface area (Å²) in [5.74, 6) is -0.191. The van der Waals surface area contributed by atoms with Crippen molar-refractivity contribution in [2.24, 2.45) is 0 Å². The van der Waals surface area contributed by atoms with Crippen molar-refractivity contribution in [2.45, 2.75) is 0 Å². The van der Waals surface area contributed by atoms with Crippen molar-refractivity contribution < 1.29 is 9.72 Å². The van der Waals surface area contributed by atoms with Crippen molar-refractivity contribution in [2.75, 3.05) is 18.4 Å². The lowest BCUT2D eigenvalue weighted by atomic mass is 10.2. The summed E-state index contributed by atoms with van der Waals surface area (Å²) in [5, 5.41) is 16.8. The third-order valence-electron chi connectivity index (χ3n) is 3.84. The number of nitrogens with zero attached hydrogens (tertiary/aromatic N) is 2. The fraction of sp³-hybridized carbons (Fsp3) is 0.105. The first kappa shape index (κ1) is 17.2. The van der Waals surface area contributed by atoms with Gasteiger partial charge < -0.3 is 15.2 Å². The molecule has 0 aliphatic carbocycles. The fourth-order valence-corrected chi connectivity index (χ4v) is 2.57. The van der Waals surface area contributed by atoms with Crippen LogP contribution in [0, 0.1) is 10.1 Å². The molecule has 0 bridgehead atoms. The highest BCUT2D eigenvalue weighted by molar-refractivity contribution is 5.94. The molecular weight excluding hydrogens is 332 g/mol. The Morgan fingerprint density at radius 2 is 1.77 bits per heavy atom. The Hall–Kier alpha value is -3.61. The number of nitrogens with one attached hydrogen (secondary N) is 2. The number of benzene rings is 2. The minimum Gasteiger partial charge on any atom is -0.378 e. The van der Waals surface area contributed by atoms with Crippen LogP contribution in [0.15, 0.2) is 73.1 Å². The van der Waals surface area contributed by atoms with E-state index in [1.165, 1.54) is 6.07 Å². The molecule has 2 aromatic carbocycles. The highest BCUT2D eigenvalue weighted by Crippen LogP contribution is 2.22. The number of anilines is 1. The molecular formula is C19H18N4O3. The molecule has 0 fully saturated rings. The first-order chi connectivity index (χ1) is 12.6. The van der Waals surface area contributed by atoms with Crippen LogP contribution in [0.2, 0.25) is 0 Å². The fourth-order valence-electron chi connectivity index (χ4n) is 2.57. The number of aromatic nitrogens is 1. The largest absolute Gasteiger partial charge is 0.378 e.